The minimum atomic E-state index is -0.535. The summed E-state index contributed by atoms with van der Waals surface area (Å²) in [6.45, 7) is 4.56. The molecule has 3 amide bonds. The average molecular weight is 473 g/mol. The first-order chi connectivity index (χ1) is 16.8. The summed E-state index contributed by atoms with van der Waals surface area (Å²) in [7, 11) is 0. The Morgan fingerprint density at radius 1 is 0.971 bits per heavy atom. The number of hydrogen-bond acceptors (Lipinski definition) is 5. The molecule has 0 spiro atoms. The van der Waals surface area contributed by atoms with Crippen molar-refractivity contribution in [3.63, 3.8) is 0 Å². The van der Waals surface area contributed by atoms with Gasteiger partial charge in [-0.3, -0.25) is 19.2 Å². The van der Waals surface area contributed by atoms with Crippen LogP contribution in [-0.4, -0.2) is 35.1 Å². The van der Waals surface area contributed by atoms with Crippen LogP contribution < -0.4 is 9.64 Å². The van der Waals surface area contributed by atoms with Crippen molar-refractivity contribution in [3.8, 4) is 5.75 Å². The fourth-order valence-corrected chi connectivity index (χ4v) is 5.30. The molecule has 2 fully saturated rings. The molecule has 0 bridgehead atoms. The van der Waals surface area contributed by atoms with Crippen LogP contribution in [-0.2, 0) is 25.7 Å². The predicted octanol–water partition coefficient (Wildman–Crippen LogP) is 3.79. The van der Waals surface area contributed by atoms with Gasteiger partial charge in [0.25, 0.3) is 0 Å². The van der Waals surface area contributed by atoms with Crippen molar-refractivity contribution < 1.29 is 23.9 Å². The Balaban J connectivity index is 1.25. The highest BCUT2D eigenvalue weighted by Gasteiger charge is 2.49. The molecule has 0 saturated carbocycles. The van der Waals surface area contributed by atoms with Crippen molar-refractivity contribution in [1.82, 2.24) is 4.90 Å². The summed E-state index contributed by atoms with van der Waals surface area (Å²) in [5, 5.41) is 0. The van der Waals surface area contributed by atoms with Crippen molar-refractivity contribution >= 4 is 29.4 Å². The van der Waals surface area contributed by atoms with E-state index in [4.69, 9.17) is 4.74 Å². The summed E-state index contributed by atoms with van der Waals surface area (Å²) in [6, 6.07) is 14.6. The van der Waals surface area contributed by atoms with E-state index in [2.05, 4.69) is 0 Å². The highest BCUT2D eigenvalue weighted by atomic mass is 16.5. The maximum absolute atomic E-state index is 13.0. The third-order valence-corrected chi connectivity index (χ3v) is 7.21. The molecule has 7 nitrogen and oxygen atoms in total. The van der Waals surface area contributed by atoms with Gasteiger partial charge in [-0.05, 0) is 56.0 Å². The van der Waals surface area contributed by atoms with Crippen LogP contribution in [0.3, 0.4) is 0 Å². The lowest BCUT2D eigenvalue weighted by molar-refractivity contribution is -0.139. The zero-order chi connectivity index (χ0) is 24.7. The van der Waals surface area contributed by atoms with Gasteiger partial charge in [-0.1, -0.05) is 42.0 Å². The number of benzene rings is 2. The predicted molar refractivity (Wildman–Crippen MR) is 129 cm³/mol. The highest BCUT2D eigenvalue weighted by molar-refractivity contribution is 6.22. The lowest BCUT2D eigenvalue weighted by Gasteiger charge is -2.19. The van der Waals surface area contributed by atoms with Gasteiger partial charge in [0, 0.05) is 19.5 Å². The van der Waals surface area contributed by atoms with E-state index in [0.717, 1.165) is 11.1 Å². The number of aryl methyl sites for hydroxylation is 1. The SMILES string of the molecule is CC1=CC[C@@H]2C(=O)N(c3ccc(OC(=O)[C@H]4CC(=O)N(Cc5ccccc5)C4)cc3C)C(=O)[C@@H]2C1. The zero-order valence-electron chi connectivity index (χ0n) is 19.9. The topological polar surface area (TPSA) is 84.0 Å². The quantitative estimate of drug-likeness (QED) is 0.286. The van der Waals surface area contributed by atoms with Gasteiger partial charge < -0.3 is 9.64 Å². The van der Waals surface area contributed by atoms with Crippen LogP contribution in [0.4, 0.5) is 5.69 Å². The second-order valence-corrected chi connectivity index (χ2v) is 9.75. The molecule has 7 heteroatoms. The Morgan fingerprint density at radius 2 is 1.71 bits per heavy atom. The molecule has 180 valence electrons. The number of rotatable bonds is 5. The van der Waals surface area contributed by atoms with Crippen LogP contribution >= 0.6 is 0 Å². The molecule has 3 atom stereocenters. The van der Waals surface area contributed by atoms with Gasteiger partial charge in [0.1, 0.15) is 5.75 Å². The van der Waals surface area contributed by atoms with E-state index in [0.29, 0.717) is 42.9 Å². The summed E-state index contributed by atoms with van der Waals surface area (Å²) >= 11 is 0. The van der Waals surface area contributed by atoms with Crippen molar-refractivity contribution in [2.75, 3.05) is 11.4 Å². The molecule has 35 heavy (non-hydrogen) atoms. The van der Waals surface area contributed by atoms with Gasteiger partial charge >= 0.3 is 5.97 Å². The molecule has 5 rings (SSSR count). The first-order valence-electron chi connectivity index (χ1n) is 12.0. The normalized spacial score (nSPS) is 24.0. The number of hydrogen-bond donors (Lipinski definition) is 0. The Bertz CT molecular complexity index is 1240. The summed E-state index contributed by atoms with van der Waals surface area (Å²) in [5.74, 6) is -1.67. The van der Waals surface area contributed by atoms with Crippen molar-refractivity contribution in [3.05, 3.63) is 71.3 Å². The molecule has 2 aliphatic heterocycles. The van der Waals surface area contributed by atoms with Crippen molar-refractivity contribution in [2.24, 2.45) is 17.8 Å². The van der Waals surface area contributed by atoms with E-state index in [1.54, 1.807) is 30.0 Å². The number of esters is 1. The van der Waals surface area contributed by atoms with E-state index in [1.165, 1.54) is 4.90 Å². The smallest absolute Gasteiger partial charge is 0.316 e. The van der Waals surface area contributed by atoms with Crippen LogP contribution in [0, 0.1) is 24.7 Å². The average Bonchev–Trinajstić information content (AvgIpc) is 3.31. The molecule has 2 saturated heterocycles. The van der Waals surface area contributed by atoms with Crippen LogP contribution in [0.2, 0.25) is 0 Å². The number of likely N-dealkylation sites (tertiary alicyclic amines) is 1. The lowest BCUT2D eigenvalue weighted by atomic mass is 9.82. The van der Waals surface area contributed by atoms with E-state index >= 15 is 0 Å². The Hall–Kier alpha value is -3.74. The maximum atomic E-state index is 13.0. The number of nitrogens with zero attached hydrogens (tertiary/aromatic N) is 2. The van der Waals surface area contributed by atoms with Crippen LogP contribution in [0.25, 0.3) is 0 Å². The van der Waals surface area contributed by atoms with Gasteiger partial charge in [-0.2, -0.15) is 0 Å². The third-order valence-electron chi connectivity index (χ3n) is 7.21. The molecule has 0 radical (unpaired) electrons. The molecular weight excluding hydrogens is 444 g/mol. The fourth-order valence-electron chi connectivity index (χ4n) is 5.30. The summed E-state index contributed by atoms with van der Waals surface area (Å²) in [5.41, 5.74) is 3.35. The largest absolute Gasteiger partial charge is 0.426 e. The van der Waals surface area contributed by atoms with Gasteiger partial charge in [0.15, 0.2) is 0 Å². The zero-order valence-corrected chi connectivity index (χ0v) is 19.9. The molecule has 3 aliphatic rings. The van der Waals surface area contributed by atoms with Gasteiger partial charge in [-0.15, -0.1) is 0 Å². The van der Waals surface area contributed by atoms with E-state index < -0.39 is 11.9 Å². The number of carbonyl (C=O) groups is 4. The number of imide groups is 1. The third kappa shape index (κ3) is 4.38. The molecule has 1 aliphatic carbocycles. The number of amides is 3. The molecule has 2 heterocycles. The minimum absolute atomic E-state index is 0.0698. The van der Waals surface area contributed by atoms with Crippen molar-refractivity contribution in [1.29, 1.82) is 0 Å². The van der Waals surface area contributed by atoms with Crippen LogP contribution in [0.15, 0.2) is 60.2 Å². The van der Waals surface area contributed by atoms with Gasteiger partial charge in [0.2, 0.25) is 17.7 Å². The summed E-state index contributed by atoms with van der Waals surface area (Å²) < 4.78 is 5.59. The Morgan fingerprint density at radius 3 is 2.46 bits per heavy atom. The van der Waals surface area contributed by atoms with Crippen LogP contribution in [0.5, 0.6) is 5.75 Å². The standard InChI is InChI=1S/C28H28N2O5/c1-17-8-10-22-23(12-17)27(33)30(26(22)32)24-11-9-21(13-18(24)2)35-28(34)20-14-25(31)29(16-20)15-19-6-4-3-5-7-19/h3-9,11,13,20,22-23H,10,12,14-16H2,1-2H3/t20-,22-,23+/m0/s1. The van der Waals surface area contributed by atoms with Crippen LogP contribution in [0.1, 0.15) is 37.3 Å². The van der Waals surface area contributed by atoms with E-state index in [-0.39, 0.29) is 36.0 Å². The Kier molecular flexibility index (Phi) is 6.01. The number of allylic oxidation sites excluding steroid dienone is 2. The first-order valence-corrected chi connectivity index (χ1v) is 12.0. The maximum Gasteiger partial charge on any atom is 0.316 e. The molecular formula is C28H28N2O5. The van der Waals surface area contributed by atoms with Gasteiger partial charge in [-0.25, -0.2) is 4.90 Å². The van der Waals surface area contributed by atoms with E-state index in [9.17, 15) is 19.2 Å². The lowest BCUT2D eigenvalue weighted by Crippen LogP contribution is -2.31. The number of fused-ring (bicyclic) bond motifs is 1. The molecule has 2 aromatic rings. The summed E-state index contributed by atoms with van der Waals surface area (Å²) in [6.07, 6.45) is 3.37. The summed E-state index contributed by atoms with van der Waals surface area (Å²) in [4.78, 5) is 54.2. The van der Waals surface area contributed by atoms with Gasteiger partial charge in [0.05, 0.1) is 23.4 Å². The molecule has 0 N–H and O–H groups in total. The molecule has 2 aromatic carbocycles. The number of ether oxygens (including phenoxy) is 1. The first kappa shape index (κ1) is 23.0. The second kappa shape index (κ2) is 9.13. The minimum Gasteiger partial charge on any atom is -0.426 e. The number of anilines is 1. The fraction of sp³-hybridized carbons (Fsp3) is 0.357. The number of carbonyl (C=O) groups excluding carboxylic acids is 4. The van der Waals surface area contributed by atoms with Crippen molar-refractivity contribution in [2.45, 2.75) is 39.7 Å². The highest BCUT2D eigenvalue weighted by Crippen LogP contribution is 2.41. The monoisotopic (exact) mass is 472 g/mol. The molecule has 0 aromatic heterocycles. The second-order valence-electron chi connectivity index (χ2n) is 9.75. The Labute approximate surface area is 204 Å². The van der Waals surface area contributed by atoms with E-state index in [1.807, 2.05) is 43.3 Å². The molecule has 0 unspecified atom stereocenters.